The molecule has 0 aromatic rings. The maximum absolute atomic E-state index is 5.27. The first-order valence-corrected chi connectivity index (χ1v) is 6.17. The van der Waals surface area contributed by atoms with Gasteiger partial charge in [-0.2, -0.15) is 0 Å². The van der Waals surface area contributed by atoms with Crippen molar-refractivity contribution in [3.8, 4) is 0 Å². The van der Waals surface area contributed by atoms with Gasteiger partial charge in [-0.25, -0.2) is 0 Å². The molecule has 0 heterocycles. The maximum atomic E-state index is 5.27. The highest BCUT2D eigenvalue weighted by molar-refractivity contribution is 6.72. The Kier molecular flexibility index (Phi) is 4.11. The van der Waals surface area contributed by atoms with Crippen LogP contribution in [0.25, 0.3) is 0 Å². The van der Waals surface area contributed by atoms with E-state index in [2.05, 4.69) is 0 Å². The van der Waals surface area contributed by atoms with Crippen LogP contribution in [0.5, 0.6) is 0 Å². The molecule has 0 aliphatic heterocycles. The van der Waals surface area contributed by atoms with Crippen molar-refractivity contribution in [2.75, 3.05) is 21.3 Å². The minimum absolute atomic E-state index is 0.169. The van der Waals surface area contributed by atoms with Crippen LogP contribution in [-0.4, -0.2) is 35.6 Å². The standard InChI is InChI=1S/C6H16O3Si/c1-7-6(8-2)10(4,5)9-3/h6H,1-5H3. The van der Waals surface area contributed by atoms with Gasteiger partial charge in [-0.1, -0.05) is 0 Å². The average molecular weight is 164 g/mol. The lowest BCUT2D eigenvalue weighted by atomic mass is 11.3. The second-order valence-corrected chi connectivity index (χ2v) is 6.70. The summed E-state index contributed by atoms with van der Waals surface area (Å²) in [7, 11) is 3.19. The van der Waals surface area contributed by atoms with Crippen molar-refractivity contribution in [3.63, 3.8) is 0 Å². The molecular formula is C6H16O3Si. The van der Waals surface area contributed by atoms with E-state index in [-0.39, 0.29) is 5.91 Å². The third-order valence-electron chi connectivity index (χ3n) is 1.52. The van der Waals surface area contributed by atoms with Crippen molar-refractivity contribution in [1.82, 2.24) is 0 Å². The van der Waals surface area contributed by atoms with E-state index in [9.17, 15) is 0 Å². The highest BCUT2D eigenvalue weighted by Crippen LogP contribution is 2.11. The van der Waals surface area contributed by atoms with Crippen molar-refractivity contribution < 1.29 is 13.9 Å². The number of ether oxygens (including phenoxy) is 2. The van der Waals surface area contributed by atoms with Crippen LogP contribution in [0.3, 0.4) is 0 Å². The SMILES string of the molecule is COC(OC)[Si](C)(C)OC. The van der Waals surface area contributed by atoms with Crippen LogP contribution in [0.1, 0.15) is 0 Å². The Bertz CT molecular complexity index is 91.0. The van der Waals surface area contributed by atoms with Crippen molar-refractivity contribution in [1.29, 1.82) is 0 Å². The largest absolute Gasteiger partial charge is 0.415 e. The zero-order valence-corrected chi connectivity index (χ0v) is 8.30. The molecule has 0 aliphatic carbocycles. The van der Waals surface area contributed by atoms with E-state index in [0.29, 0.717) is 0 Å². The van der Waals surface area contributed by atoms with Crippen LogP contribution in [-0.2, 0) is 13.9 Å². The summed E-state index contributed by atoms with van der Waals surface area (Å²) >= 11 is 0. The number of hydrogen-bond acceptors (Lipinski definition) is 3. The van der Waals surface area contributed by atoms with Gasteiger partial charge in [-0.3, -0.25) is 0 Å². The number of rotatable bonds is 4. The molecule has 62 valence electrons. The number of methoxy groups -OCH3 is 2. The Morgan fingerprint density at radius 1 is 1.00 bits per heavy atom. The number of hydrogen-bond donors (Lipinski definition) is 0. The van der Waals surface area contributed by atoms with Gasteiger partial charge < -0.3 is 13.9 Å². The van der Waals surface area contributed by atoms with Gasteiger partial charge in [0.15, 0.2) is 5.91 Å². The van der Waals surface area contributed by atoms with Crippen molar-refractivity contribution >= 4 is 8.32 Å². The van der Waals surface area contributed by atoms with Crippen LogP contribution in [0, 0.1) is 0 Å². The fraction of sp³-hybridized carbons (Fsp3) is 1.00. The van der Waals surface area contributed by atoms with Crippen LogP contribution in [0.2, 0.25) is 13.1 Å². The predicted molar refractivity (Wildman–Crippen MR) is 42.3 cm³/mol. The van der Waals surface area contributed by atoms with Gasteiger partial charge in [0.1, 0.15) is 0 Å². The van der Waals surface area contributed by atoms with E-state index in [4.69, 9.17) is 13.9 Å². The predicted octanol–water partition coefficient (Wildman–Crippen LogP) is 0.996. The van der Waals surface area contributed by atoms with Crippen molar-refractivity contribution in [2.24, 2.45) is 0 Å². The molecule has 3 nitrogen and oxygen atoms in total. The zero-order valence-electron chi connectivity index (χ0n) is 7.30. The summed E-state index contributed by atoms with van der Waals surface area (Å²) in [5.74, 6) is -0.169. The lowest BCUT2D eigenvalue weighted by Gasteiger charge is -2.27. The Morgan fingerprint density at radius 2 is 1.40 bits per heavy atom. The molecule has 10 heavy (non-hydrogen) atoms. The van der Waals surface area contributed by atoms with Gasteiger partial charge in [0.05, 0.1) is 0 Å². The Hall–Kier alpha value is 0.0969. The van der Waals surface area contributed by atoms with E-state index in [1.807, 2.05) is 13.1 Å². The van der Waals surface area contributed by atoms with Crippen LogP contribution >= 0.6 is 0 Å². The fourth-order valence-electron chi connectivity index (χ4n) is 0.760. The van der Waals surface area contributed by atoms with Gasteiger partial charge >= 0.3 is 0 Å². The van der Waals surface area contributed by atoms with Gasteiger partial charge in [-0.05, 0) is 13.1 Å². The molecule has 0 aromatic carbocycles. The van der Waals surface area contributed by atoms with Crippen LogP contribution < -0.4 is 0 Å². The monoisotopic (exact) mass is 164 g/mol. The molecule has 0 amide bonds. The van der Waals surface area contributed by atoms with Gasteiger partial charge in [0.25, 0.3) is 0 Å². The highest BCUT2D eigenvalue weighted by Gasteiger charge is 2.33. The van der Waals surface area contributed by atoms with E-state index < -0.39 is 8.32 Å². The molecule has 0 N–H and O–H groups in total. The molecule has 0 saturated carbocycles. The summed E-state index contributed by atoms with van der Waals surface area (Å²) < 4.78 is 15.4. The zero-order chi connectivity index (χ0) is 8.20. The lowest BCUT2D eigenvalue weighted by Crippen LogP contribution is -2.46. The maximum Gasteiger partial charge on any atom is 0.246 e. The molecule has 0 aliphatic rings. The summed E-state index contributed by atoms with van der Waals surface area (Å²) in [6, 6.07) is 0. The molecule has 4 heteroatoms. The summed E-state index contributed by atoms with van der Waals surface area (Å²) in [4.78, 5) is 0. The normalized spacial score (nSPS) is 12.6. The Balaban J connectivity index is 3.97. The first-order valence-electron chi connectivity index (χ1n) is 3.19. The molecular weight excluding hydrogens is 148 g/mol. The van der Waals surface area contributed by atoms with E-state index in [1.54, 1.807) is 21.3 Å². The quantitative estimate of drug-likeness (QED) is 0.458. The first-order chi connectivity index (χ1) is 4.58. The highest BCUT2D eigenvalue weighted by atomic mass is 28.4. The molecule has 0 atom stereocenters. The van der Waals surface area contributed by atoms with Crippen molar-refractivity contribution in [2.45, 2.75) is 19.0 Å². The fourth-order valence-corrected chi connectivity index (χ4v) is 2.09. The molecule has 0 spiro atoms. The summed E-state index contributed by atoms with van der Waals surface area (Å²) in [6.07, 6.45) is 0. The Morgan fingerprint density at radius 3 is 1.50 bits per heavy atom. The minimum atomic E-state index is -1.75. The molecule has 0 saturated heterocycles. The van der Waals surface area contributed by atoms with E-state index in [1.165, 1.54) is 0 Å². The second kappa shape index (κ2) is 4.08. The summed E-state index contributed by atoms with van der Waals surface area (Å²) in [5.41, 5.74) is 0. The topological polar surface area (TPSA) is 27.7 Å². The molecule has 0 bridgehead atoms. The third kappa shape index (κ3) is 2.38. The molecule has 0 fully saturated rings. The van der Waals surface area contributed by atoms with Crippen LogP contribution in [0.15, 0.2) is 0 Å². The molecule has 0 aromatic heterocycles. The minimum Gasteiger partial charge on any atom is -0.415 e. The van der Waals surface area contributed by atoms with Gasteiger partial charge in [0.2, 0.25) is 8.32 Å². The van der Waals surface area contributed by atoms with Crippen molar-refractivity contribution in [3.05, 3.63) is 0 Å². The van der Waals surface area contributed by atoms with Crippen LogP contribution in [0.4, 0.5) is 0 Å². The lowest BCUT2D eigenvalue weighted by molar-refractivity contribution is -0.0601. The summed E-state index contributed by atoms with van der Waals surface area (Å²) in [6.45, 7) is 4.09. The molecule has 0 radical (unpaired) electrons. The molecule has 0 unspecified atom stereocenters. The van der Waals surface area contributed by atoms with Gasteiger partial charge in [-0.15, -0.1) is 0 Å². The van der Waals surface area contributed by atoms with E-state index in [0.717, 1.165) is 0 Å². The third-order valence-corrected chi connectivity index (χ3v) is 4.18. The smallest absolute Gasteiger partial charge is 0.246 e. The van der Waals surface area contributed by atoms with E-state index >= 15 is 0 Å². The first kappa shape index (κ1) is 10.1. The Labute approximate surface area is 63.4 Å². The summed E-state index contributed by atoms with van der Waals surface area (Å²) in [5, 5.41) is 0. The van der Waals surface area contributed by atoms with Gasteiger partial charge in [0, 0.05) is 21.3 Å². The average Bonchev–Trinajstić information content (AvgIpc) is 1.90. The second-order valence-electron chi connectivity index (χ2n) is 2.61. The molecule has 0 rings (SSSR count).